The standard InChI is InChI=1S/C11H17F2N3/c1-16(2)5-3-4-15-10-7-8(12)6-9(13)11(10)14/h6-7,15H,3-5,14H2,1-2H3. The molecule has 0 atom stereocenters. The van der Waals surface area contributed by atoms with Gasteiger partial charge in [-0.2, -0.15) is 0 Å². The second kappa shape index (κ2) is 5.65. The summed E-state index contributed by atoms with van der Waals surface area (Å²) in [4.78, 5) is 2.04. The van der Waals surface area contributed by atoms with E-state index in [2.05, 4.69) is 5.32 Å². The molecule has 0 unspecified atom stereocenters. The lowest BCUT2D eigenvalue weighted by atomic mass is 10.2. The summed E-state index contributed by atoms with van der Waals surface area (Å²) in [6.45, 7) is 1.54. The molecule has 0 radical (unpaired) electrons. The molecule has 0 fully saturated rings. The van der Waals surface area contributed by atoms with E-state index in [9.17, 15) is 8.78 Å². The van der Waals surface area contributed by atoms with E-state index in [1.807, 2.05) is 19.0 Å². The minimum Gasteiger partial charge on any atom is -0.395 e. The Hall–Kier alpha value is -1.36. The van der Waals surface area contributed by atoms with Crippen molar-refractivity contribution < 1.29 is 8.78 Å². The van der Waals surface area contributed by atoms with Gasteiger partial charge in [-0.1, -0.05) is 0 Å². The summed E-state index contributed by atoms with van der Waals surface area (Å²) in [5.41, 5.74) is 5.76. The van der Waals surface area contributed by atoms with E-state index in [1.165, 1.54) is 6.07 Å². The largest absolute Gasteiger partial charge is 0.395 e. The zero-order chi connectivity index (χ0) is 12.1. The number of benzene rings is 1. The van der Waals surface area contributed by atoms with Crippen molar-refractivity contribution >= 4 is 11.4 Å². The zero-order valence-corrected chi connectivity index (χ0v) is 9.56. The molecule has 90 valence electrons. The summed E-state index contributed by atoms with van der Waals surface area (Å²) in [6, 6.07) is 1.98. The maximum Gasteiger partial charge on any atom is 0.151 e. The Morgan fingerprint density at radius 2 is 2.00 bits per heavy atom. The topological polar surface area (TPSA) is 41.3 Å². The van der Waals surface area contributed by atoms with Crippen LogP contribution in [-0.4, -0.2) is 32.1 Å². The fourth-order valence-corrected chi connectivity index (χ4v) is 1.35. The van der Waals surface area contributed by atoms with Gasteiger partial charge in [0.1, 0.15) is 5.82 Å². The lowest BCUT2D eigenvalue weighted by Gasteiger charge is -2.12. The van der Waals surface area contributed by atoms with Crippen LogP contribution in [0.5, 0.6) is 0 Å². The SMILES string of the molecule is CN(C)CCCNc1cc(F)cc(F)c1N. The smallest absolute Gasteiger partial charge is 0.151 e. The molecule has 1 aromatic carbocycles. The number of hydrogen-bond acceptors (Lipinski definition) is 3. The van der Waals surface area contributed by atoms with Crippen LogP contribution < -0.4 is 11.1 Å². The molecule has 3 N–H and O–H groups in total. The maximum absolute atomic E-state index is 13.1. The van der Waals surface area contributed by atoms with Crippen LogP contribution in [0.15, 0.2) is 12.1 Å². The summed E-state index contributed by atoms with van der Waals surface area (Å²) in [6.07, 6.45) is 0.880. The van der Waals surface area contributed by atoms with Gasteiger partial charge < -0.3 is 16.0 Å². The van der Waals surface area contributed by atoms with Gasteiger partial charge in [-0.15, -0.1) is 0 Å². The third kappa shape index (κ3) is 3.66. The molecular formula is C11H17F2N3. The Morgan fingerprint density at radius 3 is 2.62 bits per heavy atom. The first-order chi connectivity index (χ1) is 7.50. The summed E-state index contributed by atoms with van der Waals surface area (Å²) in [7, 11) is 3.94. The molecule has 1 aromatic rings. The third-order valence-electron chi connectivity index (χ3n) is 2.19. The van der Waals surface area contributed by atoms with Crippen molar-refractivity contribution in [1.29, 1.82) is 0 Å². The van der Waals surface area contributed by atoms with Gasteiger partial charge in [0.2, 0.25) is 0 Å². The van der Waals surface area contributed by atoms with Crippen molar-refractivity contribution in [1.82, 2.24) is 4.90 Å². The molecule has 0 aliphatic heterocycles. The number of rotatable bonds is 5. The highest BCUT2D eigenvalue weighted by Crippen LogP contribution is 2.23. The highest BCUT2D eigenvalue weighted by Gasteiger charge is 2.07. The molecule has 0 bridgehead atoms. The van der Waals surface area contributed by atoms with Crippen molar-refractivity contribution in [3.63, 3.8) is 0 Å². The Labute approximate surface area is 94.2 Å². The molecule has 1 rings (SSSR count). The van der Waals surface area contributed by atoms with E-state index in [4.69, 9.17) is 5.73 Å². The number of halogens is 2. The molecule has 5 heteroatoms. The average Bonchev–Trinajstić information content (AvgIpc) is 2.19. The van der Waals surface area contributed by atoms with E-state index < -0.39 is 11.6 Å². The van der Waals surface area contributed by atoms with E-state index in [1.54, 1.807) is 0 Å². The fraction of sp³-hybridized carbons (Fsp3) is 0.455. The van der Waals surface area contributed by atoms with Crippen LogP contribution in [0.1, 0.15) is 6.42 Å². The lowest BCUT2D eigenvalue weighted by molar-refractivity contribution is 0.405. The summed E-state index contributed by atoms with van der Waals surface area (Å²) in [5.74, 6) is -1.35. The lowest BCUT2D eigenvalue weighted by Crippen LogP contribution is -2.16. The van der Waals surface area contributed by atoms with E-state index in [0.29, 0.717) is 12.2 Å². The first-order valence-electron chi connectivity index (χ1n) is 5.14. The molecule has 0 amide bonds. The number of nitrogens with one attached hydrogen (secondary N) is 1. The number of nitrogens with zero attached hydrogens (tertiary/aromatic N) is 1. The third-order valence-corrected chi connectivity index (χ3v) is 2.19. The number of anilines is 2. The molecule has 0 aliphatic carbocycles. The molecule has 0 heterocycles. The molecule has 0 aliphatic rings. The van der Waals surface area contributed by atoms with Crippen molar-refractivity contribution in [2.24, 2.45) is 0 Å². The predicted octanol–water partition coefficient (Wildman–Crippen LogP) is 1.91. The Morgan fingerprint density at radius 1 is 1.31 bits per heavy atom. The second-order valence-corrected chi connectivity index (χ2v) is 3.93. The molecule has 3 nitrogen and oxygen atoms in total. The first-order valence-corrected chi connectivity index (χ1v) is 5.14. The van der Waals surface area contributed by atoms with Crippen molar-refractivity contribution in [3.8, 4) is 0 Å². The van der Waals surface area contributed by atoms with Crippen LogP contribution in [0.2, 0.25) is 0 Å². The minimum atomic E-state index is -0.727. The molecule has 0 saturated carbocycles. The molecule has 0 saturated heterocycles. The van der Waals surface area contributed by atoms with Crippen molar-refractivity contribution in [2.45, 2.75) is 6.42 Å². The Balaban J connectivity index is 2.53. The predicted molar refractivity (Wildman–Crippen MR) is 62.4 cm³/mol. The van der Waals surface area contributed by atoms with E-state index in [0.717, 1.165) is 19.0 Å². The normalized spacial score (nSPS) is 10.8. The van der Waals surface area contributed by atoms with Crippen LogP contribution in [0, 0.1) is 11.6 Å². The van der Waals surface area contributed by atoms with Gasteiger partial charge in [0.05, 0.1) is 11.4 Å². The fourth-order valence-electron chi connectivity index (χ4n) is 1.35. The highest BCUT2D eigenvalue weighted by molar-refractivity contribution is 5.66. The maximum atomic E-state index is 13.1. The van der Waals surface area contributed by atoms with Gasteiger partial charge >= 0.3 is 0 Å². The van der Waals surface area contributed by atoms with E-state index >= 15 is 0 Å². The van der Waals surface area contributed by atoms with Gasteiger partial charge in [-0.05, 0) is 33.1 Å². The number of nitrogens with two attached hydrogens (primary N) is 1. The quantitative estimate of drug-likeness (QED) is 0.598. The van der Waals surface area contributed by atoms with Gasteiger partial charge in [0.25, 0.3) is 0 Å². The molecule has 0 aromatic heterocycles. The van der Waals surface area contributed by atoms with Gasteiger partial charge in [0.15, 0.2) is 5.82 Å². The van der Waals surface area contributed by atoms with Crippen molar-refractivity contribution in [2.75, 3.05) is 38.2 Å². The zero-order valence-electron chi connectivity index (χ0n) is 9.56. The molecule has 16 heavy (non-hydrogen) atoms. The number of nitrogen functional groups attached to an aromatic ring is 1. The highest BCUT2D eigenvalue weighted by atomic mass is 19.1. The Kier molecular flexibility index (Phi) is 4.49. The summed E-state index contributed by atoms with van der Waals surface area (Å²) in [5, 5.41) is 2.92. The van der Waals surface area contributed by atoms with E-state index in [-0.39, 0.29) is 5.69 Å². The van der Waals surface area contributed by atoms with Crippen LogP contribution in [0.3, 0.4) is 0 Å². The Bertz CT molecular complexity index is 353. The summed E-state index contributed by atoms with van der Waals surface area (Å²) < 4.78 is 26.0. The van der Waals surface area contributed by atoms with Crippen LogP contribution in [-0.2, 0) is 0 Å². The van der Waals surface area contributed by atoms with Crippen LogP contribution >= 0.6 is 0 Å². The van der Waals surface area contributed by atoms with Crippen molar-refractivity contribution in [3.05, 3.63) is 23.8 Å². The average molecular weight is 229 g/mol. The summed E-state index contributed by atoms with van der Waals surface area (Å²) >= 11 is 0. The van der Waals surface area contributed by atoms with Gasteiger partial charge in [-0.25, -0.2) is 8.78 Å². The van der Waals surface area contributed by atoms with Gasteiger partial charge in [0, 0.05) is 12.6 Å². The first kappa shape index (κ1) is 12.7. The van der Waals surface area contributed by atoms with Crippen LogP contribution in [0.25, 0.3) is 0 Å². The minimum absolute atomic E-state index is 0.0359. The monoisotopic (exact) mass is 229 g/mol. The molecular weight excluding hydrogens is 212 g/mol. The molecule has 0 spiro atoms. The second-order valence-electron chi connectivity index (χ2n) is 3.93. The number of hydrogen-bond donors (Lipinski definition) is 2. The van der Waals surface area contributed by atoms with Crippen LogP contribution in [0.4, 0.5) is 20.2 Å². The van der Waals surface area contributed by atoms with Gasteiger partial charge in [-0.3, -0.25) is 0 Å².